The molecule has 0 aliphatic heterocycles. The number of hydrogen-bond acceptors (Lipinski definition) is 5. The Morgan fingerprint density at radius 1 is 0.587 bits per heavy atom. The van der Waals surface area contributed by atoms with Gasteiger partial charge in [0.15, 0.2) is 17.2 Å². The van der Waals surface area contributed by atoms with Crippen molar-refractivity contribution in [1.82, 2.24) is 10.6 Å². The van der Waals surface area contributed by atoms with Crippen LogP contribution in [0.5, 0.6) is 17.2 Å². The minimum absolute atomic E-state index is 0.0760. The Bertz CT molecular complexity index is 1450. The van der Waals surface area contributed by atoms with E-state index in [0.717, 1.165) is 63.2 Å². The van der Waals surface area contributed by atoms with Crippen LogP contribution in [0.3, 0.4) is 0 Å². The number of rotatable bonds is 17. The third-order valence-electron chi connectivity index (χ3n) is 8.41. The molecule has 0 saturated carbocycles. The molecular formula is C37H44BrN2O5P. The van der Waals surface area contributed by atoms with Gasteiger partial charge in [-0.3, -0.25) is 4.79 Å². The molecule has 0 saturated heterocycles. The van der Waals surface area contributed by atoms with Gasteiger partial charge in [0.05, 0.1) is 0 Å². The summed E-state index contributed by atoms with van der Waals surface area (Å²) in [6.45, 7) is 1.08. The Kier molecular flexibility index (Phi) is 12.6. The summed E-state index contributed by atoms with van der Waals surface area (Å²) in [4.78, 5) is 24.7. The van der Waals surface area contributed by atoms with Gasteiger partial charge < -0.3 is 20.6 Å². The van der Waals surface area contributed by atoms with E-state index in [1.165, 1.54) is 15.9 Å². The van der Waals surface area contributed by atoms with Gasteiger partial charge in [-0.1, -0.05) is 0 Å². The molecule has 0 aliphatic carbocycles. The van der Waals surface area contributed by atoms with Gasteiger partial charge in [0.2, 0.25) is 0 Å². The average molecular weight is 708 g/mol. The summed E-state index contributed by atoms with van der Waals surface area (Å²) < 4.78 is 0. The van der Waals surface area contributed by atoms with Gasteiger partial charge >= 0.3 is 208 Å². The van der Waals surface area contributed by atoms with Crippen LogP contribution in [0.15, 0.2) is 103 Å². The summed E-state index contributed by atoms with van der Waals surface area (Å²) in [5.41, 5.74) is 0.0760. The first-order chi connectivity index (χ1) is 22.2. The van der Waals surface area contributed by atoms with Crippen LogP contribution in [0.1, 0.15) is 61.7 Å². The fourth-order valence-corrected chi connectivity index (χ4v) is 13.6. The number of halogens is 1. The van der Waals surface area contributed by atoms with E-state index in [2.05, 4.69) is 117 Å². The second-order valence-corrected chi connectivity index (χ2v) is 20.7. The van der Waals surface area contributed by atoms with Gasteiger partial charge in [-0.25, -0.2) is 0 Å². The number of unbranched alkanes of at least 4 members (excludes halogenated alkanes) is 5. The first-order valence-electron chi connectivity index (χ1n) is 15.9. The summed E-state index contributed by atoms with van der Waals surface area (Å²) in [5, 5.41) is 35.3. The molecule has 4 rings (SSSR count). The van der Waals surface area contributed by atoms with E-state index in [4.69, 9.17) is 0 Å². The Labute approximate surface area is 279 Å². The topological polar surface area (TPSA) is 119 Å². The summed E-state index contributed by atoms with van der Waals surface area (Å²) in [6, 6.07) is 34.6. The van der Waals surface area contributed by atoms with E-state index < -0.39 is 28.5 Å². The Balaban J connectivity index is 1.18. The number of aromatic hydroxyl groups is 3. The summed E-state index contributed by atoms with van der Waals surface area (Å²) >= 11 is 4.49. The Morgan fingerprint density at radius 2 is 1.02 bits per heavy atom. The maximum absolute atomic E-state index is 12.5. The second-order valence-electron chi connectivity index (χ2n) is 11.6. The van der Waals surface area contributed by atoms with Crippen LogP contribution in [0.4, 0.5) is 0 Å². The normalized spacial score (nSPS) is 12.2. The van der Waals surface area contributed by atoms with Crippen molar-refractivity contribution >= 4 is 48.5 Å². The van der Waals surface area contributed by atoms with Crippen LogP contribution in [0.2, 0.25) is 0 Å². The van der Waals surface area contributed by atoms with Crippen molar-refractivity contribution in [2.75, 3.05) is 19.3 Å². The number of amides is 2. The van der Waals surface area contributed by atoms with Crippen molar-refractivity contribution in [1.29, 1.82) is 0 Å². The van der Waals surface area contributed by atoms with Gasteiger partial charge in [0, 0.05) is 12.1 Å². The molecule has 46 heavy (non-hydrogen) atoms. The number of carbonyl (C=O) groups excluding carboxylic acids is 2. The van der Waals surface area contributed by atoms with E-state index in [1.54, 1.807) is 0 Å². The molecule has 4 aromatic rings. The first-order valence-corrected chi connectivity index (χ1v) is 20.4. The third kappa shape index (κ3) is 8.48. The number of hydrogen-bond donors (Lipinski definition) is 5. The van der Waals surface area contributed by atoms with Crippen molar-refractivity contribution in [3.8, 4) is 17.2 Å². The van der Waals surface area contributed by atoms with Crippen molar-refractivity contribution < 1.29 is 24.9 Å². The maximum atomic E-state index is 12.5. The number of benzene rings is 4. The second kappa shape index (κ2) is 16.6. The quantitative estimate of drug-likeness (QED) is 0.0481. The van der Waals surface area contributed by atoms with Crippen molar-refractivity contribution in [3.05, 3.63) is 109 Å². The minimum Gasteiger partial charge on any atom is -0.504 e. The molecule has 7 nitrogen and oxygen atoms in total. The molecule has 0 aromatic heterocycles. The molecule has 9 heteroatoms. The molecule has 0 heterocycles. The van der Waals surface area contributed by atoms with Gasteiger partial charge in [0.1, 0.15) is 0 Å². The van der Waals surface area contributed by atoms with E-state index >= 15 is 0 Å². The summed E-state index contributed by atoms with van der Waals surface area (Å²) in [5.74, 6) is -2.09. The van der Waals surface area contributed by atoms with Crippen LogP contribution in [-0.4, -0.2) is 46.4 Å². The summed E-state index contributed by atoms with van der Waals surface area (Å²) in [7, 11) is 0. The van der Waals surface area contributed by atoms with E-state index in [-0.39, 0.29) is 11.5 Å². The number of phenolic OH excluding ortho intramolecular Hbond substituents is 3. The number of nitrogens with one attached hydrogen (secondary N) is 2. The molecule has 0 fully saturated rings. The average Bonchev–Trinajstić information content (AvgIpc) is 3.09. The van der Waals surface area contributed by atoms with Gasteiger partial charge in [-0.05, 0) is 12.1 Å². The fourth-order valence-electron chi connectivity index (χ4n) is 5.88. The van der Waals surface area contributed by atoms with Crippen molar-refractivity contribution in [2.45, 2.75) is 51.4 Å². The minimum atomic E-state index is -2.93. The molecule has 0 unspecified atom stereocenters. The molecule has 0 bridgehead atoms. The van der Waals surface area contributed by atoms with Crippen LogP contribution >= 0.6 is 20.8 Å². The molecule has 0 spiro atoms. The summed E-state index contributed by atoms with van der Waals surface area (Å²) in [6.07, 6.45) is 7.70. The molecule has 4 aromatic carbocycles. The standard InChI is InChI=1S/C37H44BrN2O5P/c38-46(30-17-7-3-8-18-30,31-19-9-4-10-20-31,32-21-11-5-12-22-32)26-16-6-13-23-35(43)39-24-14-1-2-15-25-40-37(45)29-27-33(41)36(44)34(42)28-29/h3-5,7-12,17-22,27-28,41-42,44H,1-2,6,13-16,23-26H2,(H,39,43)(H,40,45). The van der Waals surface area contributed by atoms with E-state index in [9.17, 15) is 24.9 Å². The molecule has 0 aliphatic rings. The Hall–Kier alpha value is -3.87. The number of carbonyl (C=O) groups is 2. The van der Waals surface area contributed by atoms with Gasteiger partial charge in [0.25, 0.3) is 5.91 Å². The molecule has 0 atom stereocenters. The van der Waals surface area contributed by atoms with Crippen LogP contribution in [0, 0.1) is 0 Å². The monoisotopic (exact) mass is 706 g/mol. The fraction of sp³-hybridized carbons (Fsp3) is 0.297. The zero-order chi connectivity index (χ0) is 32.9. The smallest absolute Gasteiger partial charge is 0.504 e. The predicted molar refractivity (Wildman–Crippen MR) is 193 cm³/mol. The van der Waals surface area contributed by atoms with Crippen molar-refractivity contribution in [3.63, 3.8) is 0 Å². The van der Waals surface area contributed by atoms with E-state index in [0.29, 0.717) is 19.5 Å². The van der Waals surface area contributed by atoms with Gasteiger partial charge in [-0.2, -0.15) is 0 Å². The molecule has 5 N–H and O–H groups in total. The molecule has 244 valence electrons. The van der Waals surface area contributed by atoms with Crippen molar-refractivity contribution in [2.24, 2.45) is 0 Å². The van der Waals surface area contributed by atoms with Crippen LogP contribution < -0.4 is 26.5 Å². The predicted octanol–water partition coefficient (Wildman–Crippen LogP) is 6.61. The van der Waals surface area contributed by atoms with Gasteiger partial charge in [-0.15, -0.1) is 0 Å². The number of phenols is 3. The molecular weight excluding hydrogens is 663 g/mol. The van der Waals surface area contributed by atoms with E-state index in [1.807, 2.05) is 0 Å². The first kappa shape index (κ1) is 35.0. The SMILES string of the molecule is O=C(CCCCCP(Br)(c1ccccc1)(c1ccccc1)c1ccccc1)NCCCCCCNC(=O)c1cc(O)c(O)c(O)c1. The third-order valence-corrected chi connectivity index (χ3v) is 18.4. The molecule has 2 amide bonds. The van der Waals surface area contributed by atoms with Crippen LogP contribution in [0.25, 0.3) is 0 Å². The Morgan fingerprint density at radius 3 is 1.50 bits per heavy atom. The van der Waals surface area contributed by atoms with Crippen LogP contribution in [-0.2, 0) is 4.79 Å². The zero-order valence-electron chi connectivity index (χ0n) is 26.1. The molecule has 0 radical (unpaired) electrons. The zero-order valence-corrected chi connectivity index (χ0v) is 28.6.